The summed E-state index contributed by atoms with van der Waals surface area (Å²) in [4.78, 5) is 7.63. The van der Waals surface area contributed by atoms with Crippen LogP contribution in [0.15, 0.2) is 0 Å². The number of hydrogen-bond acceptors (Lipinski definition) is 7. The highest BCUT2D eigenvalue weighted by atomic mass is 16.7. The molecule has 0 N–H and O–H groups in total. The van der Waals surface area contributed by atoms with Crippen molar-refractivity contribution in [3.8, 4) is 0 Å². The molecule has 6 aliphatic rings. The summed E-state index contributed by atoms with van der Waals surface area (Å²) in [6.45, 7) is 27.4. The molecule has 6 fully saturated rings. The molecule has 0 aromatic carbocycles. The van der Waals surface area contributed by atoms with Gasteiger partial charge in [0.25, 0.3) is 0 Å². The normalized spacial score (nSPS) is 37.2. The first kappa shape index (κ1) is 28.7. The predicted octanol–water partition coefficient (Wildman–Crippen LogP) is 4.14. The number of likely N-dealkylation sites (tertiary alicyclic amines) is 1. The predicted molar refractivity (Wildman–Crippen MR) is 144 cm³/mol. The van der Waals surface area contributed by atoms with Crippen molar-refractivity contribution in [1.29, 1.82) is 0 Å². The highest BCUT2D eigenvalue weighted by molar-refractivity contribution is 4.97. The monoisotopic (exact) mass is 509 g/mol. The molecule has 7 nitrogen and oxygen atoms in total. The van der Waals surface area contributed by atoms with Gasteiger partial charge in [0, 0.05) is 48.3 Å². The Morgan fingerprint density at radius 3 is 1.47 bits per heavy atom. The minimum absolute atomic E-state index is 0.0305. The van der Waals surface area contributed by atoms with Gasteiger partial charge in [-0.25, -0.2) is 0 Å². The highest BCUT2D eigenvalue weighted by Crippen LogP contribution is 2.35. The summed E-state index contributed by atoms with van der Waals surface area (Å²) in [6, 6.07) is 1.40. The Labute approximate surface area is 221 Å². The summed E-state index contributed by atoms with van der Waals surface area (Å²) in [5, 5.41) is 0. The van der Waals surface area contributed by atoms with Gasteiger partial charge in [0.1, 0.15) is 0 Å². The third-order valence-electron chi connectivity index (χ3n) is 8.56. The van der Waals surface area contributed by atoms with E-state index in [2.05, 4.69) is 77.0 Å². The molecule has 6 rings (SSSR count). The van der Waals surface area contributed by atoms with Crippen molar-refractivity contribution in [3.05, 3.63) is 0 Å². The summed E-state index contributed by atoms with van der Waals surface area (Å²) in [7, 11) is 0. The van der Waals surface area contributed by atoms with E-state index in [1.54, 1.807) is 0 Å². The van der Waals surface area contributed by atoms with Gasteiger partial charge in [-0.2, -0.15) is 0 Å². The molecular formula is C29H55N3O4. The molecule has 6 atom stereocenters. The third-order valence-corrected chi connectivity index (χ3v) is 8.56. The summed E-state index contributed by atoms with van der Waals surface area (Å²) < 4.78 is 22.3. The van der Waals surface area contributed by atoms with Crippen molar-refractivity contribution in [1.82, 2.24) is 14.7 Å². The Bertz CT molecular complexity index is 633. The van der Waals surface area contributed by atoms with Crippen molar-refractivity contribution in [3.63, 3.8) is 0 Å². The first-order chi connectivity index (χ1) is 16.7. The SMILES string of the molecule is CC(C)(C)N1C2CCC1COC2.CC(C)(C)N1CC2CCC(C1)O2.CC(C)(C)N1CC2COC(C1)O2. The molecular weight excluding hydrogens is 454 g/mol. The molecule has 6 bridgehead atoms. The van der Waals surface area contributed by atoms with E-state index in [9.17, 15) is 0 Å². The van der Waals surface area contributed by atoms with Crippen molar-refractivity contribution < 1.29 is 18.9 Å². The summed E-state index contributed by atoms with van der Waals surface area (Å²) in [6.07, 6.45) is 6.62. The number of hydrogen-bond donors (Lipinski definition) is 0. The van der Waals surface area contributed by atoms with Crippen LogP contribution in [0.4, 0.5) is 0 Å². The third kappa shape index (κ3) is 7.22. The Balaban J connectivity index is 0.000000127. The molecule has 0 radical (unpaired) electrons. The minimum Gasteiger partial charge on any atom is -0.378 e. The van der Waals surface area contributed by atoms with E-state index in [0.29, 0.717) is 41.5 Å². The smallest absolute Gasteiger partial charge is 0.170 e. The largest absolute Gasteiger partial charge is 0.378 e. The van der Waals surface area contributed by atoms with Crippen molar-refractivity contribution in [2.75, 3.05) is 46.0 Å². The molecule has 6 saturated heterocycles. The second-order valence-corrected chi connectivity index (χ2v) is 14.6. The molecule has 7 heteroatoms. The van der Waals surface area contributed by atoms with Gasteiger partial charge in [-0.3, -0.25) is 14.7 Å². The van der Waals surface area contributed by atoms with Crippen LogP contribution in [0.25, 0.3) is 0 Å². The number of fused-ring (bicyclic) bond motifs is 6. The summed E-state index contributed by atoms with van der Waals surface area (Å²) in [5.41, 5.74) is 0.897. The fraction of sp³-hybridized carbons (Fsp3) is 1.00. The van der Waals surface area contributed by atoms with Crippen LogP contribution >= 0.6 is 0 Å². The molecule has 0 spiro atoms. The average molecular weight is 510 g/mol. The zero-order valence-corrected chi connectivity index (χ0v) is 24.7. The zero-order valence-electron chi connectivity index (χ0n) is 24.7. The van der Waals surface area contributed by atoms with Crippen LogP contribution in [0.5, 0.6) is 0 Å². The van der Waals surface area contributed by atoms with E-state index in [1.807, 2.05) is 0 Å². The van der Waals surface area contributed by atoms with E-state index in [-0.39, 0.29) is 11.8 Å². The molecule has 6 heterocycles. The number of nitrogens with zero attached hydrogens (tertiary/aromatic N) is 3. The molecule has 0 aromatic rings. The first-order valence-electron chi connectivity index (χ1n) is 14.5. The minimum atomic E-state index is 0.0305. The fourth-order valence-corrected chi connectivity index (χ4v) is 6.63. The lowest BCUT2D eigenvalue weighted by Gasteiger charge is -2.44. The van der Waals surface area contributed by atoms with Crippen LogP contribution in [0.3, 0.4) is 0 Å². The van der Waals surface area contributed by atoms with Crippen LogP contribution in [-0.2, 0) is 18.9 Å². The van der Waals surface area contributed by atoms with Gasteiger partial charge in [0.15, 0.2) is 6.29 Å². The molecule has 6 unspecified atom stereocenters. The Morgan fingerprint density at radius 1 is 0.528 bits per heavy atom. The maximum atomic E-state index is 5.78. The van der Waals surface area contributed by atoms with Crippen molar-refractivity contribution in [2.24, 2.45) is 0 Å². The van der Waals surface area contributed by atoms with E-state index in [1.165, 1.54) is 25.7 Å². The van der Waals surface area contributed by atoms with Gasteiger partial charge in [-0.1, -0.05) is 0 Å². The van der Waals surface area contributed by atoms with E-state index in [0.717, 1.165) is 46.0 Å². The topological polar surface area (TPSA) is 46.6 Å². The van der Waals surface area contributed by atoms with Crippen LogP contribution < -0.4 is 0 Å². The number of morpholine rings is 3. The van der Waals surface area contributed by atoms with Gasteiger partial charge in [0.05, 0.1) is 44.7 Å². The van der Waals surface area contributed by atoms with Crippen LogP contribution in [0.2, 0.25) is 0 Å². The summed E-state index contributed by atoms with van der Waals surface area (Å²) in [5.74, 6) is 0. The second kappa shape index (κ2) is 11.1. The molecule has 0 saturated carbocycles. The second-order valence-electron chi connectivity index (χ2n) is 14.6. The molecule has 0 amide bonds. The lowest BCUT2D eigenvalue weighted by atomic mass is 10.0. The summed E-state index contributed by atoms with van der Waals surface area (Å²) >= 11 is 0. The molecule has 0 aromatic heterocycles. The van der Waals surface area contributed by atoms with Gasteiger partial charge in [0.2, 0.25) is 0 Å². The average Bonchev–Trinajstić information content (AvgIpc) is 3.39. The van der Waals surface area contributed by atoms with Crippen molar-refractivity contribution in [2.45, 2.75) is 141 Å². The molecule has 0 aliphatic carbocycles. The van der Waals surface area contributed by atoms with Crippen molar-refractivity contribution >= 4 is 0 Å². The van der Waals surface area contributed by atoms with E-state index < -0.39 is 0 Å². The Hall–Kier alpha value is -0.280. The Morgan fingerprint density at radius 2 is 1.03 bits per heavy atom. The number of rotatable bonds is 0. The van der Waals surface area contributed by atoms with Gasteiger partial charge >= 0.3 is 0 Å². The van der Waals surface area contributed by atoms with Crippen LogP contribution in [0.1, 0.15) is 88.0 Å². The van der Waals surface area contributed by atoms with Gasteiger partial charge < -0.3 is 18.9 Å². The van der Waals surface area contributed by atoms with Crippen LogP contribution in [0, 0.1) is 0 Å². The molecule has 210 valence electrons. The van der Waals surface area contributed by atoms with Gasteiger partial charge in [-0.05, 0) is 88.0 Å². The quantitative estimate of drug-likeness (QED) is 0.486. The van der Waals surface area contributed by atoms with E-state index in [4.69, 9.17) is 18.9 Å². The van der Waals surface area contributed by atoms with Crippen LogP contribution in [-0.4, -0.2) is 114 Å². The molecule has 36 heavy (non-hydrogen) atoms. The lowest BCUT2D eigenvalue weighted by molar-refractivity contribution is -0.125. The highest BCUT2D eigenvalue weighted by Gasteiger charge is 2.43. The maximum absolute atomic E-state index is 5.78. The van der Waals surface area contributed by atoms with Gasteiger partial charge in [-0.15, -0.1) is 0 Å². The first-order valence-corrected chi connectivity index (χ1v) is 14.5. The molecule has 6 aliphatic heterocycles. The zero-order chi connectivity index (χ0) is 26.3. The van der Waals surface area contributed by atoms with E-state index >= 15 is 0 Å². The maximum Gasteiger partial charge on any atom is 0.170 e. The standard InChI is InChI=1S/2C10H19NO.C9H17NO2/c1-10(2,3)11-8-4-5-9(11)7-12-6-8;1-10(2,3)11-6-8-4-5-9(7-11)12-8;1-9(2,3)10-4-7-6-11-8(5-10)12-7/h2*8-9H,4-7H2,1-3H3;7-8H,4-6H2,1-3H3. The Kier molecular flexibility index (Phi) is 8.83. The number of ether oxygens (including phenoxy) is 4. The lowest BCUT2D eigenvalue weighted by Crippen LogP contribution is -2.54. The fourth-order valence-electron chi connectivity index (χ4n) is 6.63.